The van der Waals surface area contributed by atoms with E-state index in [1.807, 2.05) is 0 Å². The van der Waals surface area contributed by atoms with Gasteiger partial charge in [-0.25, -0.2) is 13.1 Å². The molecule has 1 unspecified atom stereocenters. The van der Waals surface area contributed by atoms with Gasteiger partial charge in [-0.2, -0.15) is 0 Å². The fourth-order valence-corrected chi connectivity index (χ4v) is 3.77. The maximum Gasteiger partial charge on any atom is 0.231 e. The molecule has 0 fully saturated rings. The Hall–Kier alpha value is -1.38. The van der Waals surface area contributed by atoms with Gasteiger partial charge in [0.1, 0.15) is 5.25 Å². The second-order valence-electron chi connectivity index (χ2n) is 4.35. The molecule has 20 heavy (non-hydrogen) atoms. The number of hydrogen-bond acceptors (Lipinski definition) is 5. The van der Waals surface area contributed by atoms with Crippen molar-refractivity contribution in [1.82, 2.24) is 4.72 Å². The van der Waals surface area contributed by atoms with E-state index >= 15 is 0 Å². The number of benzene rings is 1. The van der Waals surface area contributed by atoms with E-state index in [0.717, 1.165) is 5.56 Å². The molecule has 0 saturated heterocycles. The highest BCUT2D eigenvalue weighted by Crippen LogP contribution is 2.32. The fourth-order valence-electron chi connectivity index (χ4n) is 1.91. The number of fused-ring (bicyclic) bond motifs is 1. The minimum Gasteiger partial charge on any atom is -0.454 e. The molecule has 0 saturated carbocycles. The molecule has 6 nitrogen and oxygen atoms in total. The third-order valence-electron chi connectivity index (χ3n) is 2.98. The van der Waals surface area contributed by atoms with E-state index < -0.39 is 15.3 Å². The second kappa shape index (κ2) is 5.94. The van der Waals surface area contributed by atoms with Crippen LogP contribution >= 0.6 is 12.2 Å². The lowest BCUT2D eigenvalue weighted by molar-refractivity contribution is 0.174. The van der Waals surface area contributed by atoms with E-state index in [9.17, 15) is 8.42 Å². The molecule has 1 heterocycles. The van der Waals surface area contributed by atoms with Gasteiger partial charge in [-0.1, -0.05) is 25.2 Å². The van der Waals surface area contributed by atoms with E-state index in [1.54, 1.807) is 25.1 Å². The minimum absolute atomic E-state index is 0.0225. The number of ether oxygens (including phenoxy) is 2. The molecule has 0 spiro atoms. The summed E-state index contributed by atoms with van der Waals surface area (Å²) >= 11 is 4.78. The van der Waals surface area contributed by atoms with Crippen LogP contribution in [0.15, 0.2) is 18.2 Å². The number of nitrogens with two attached hydrogens (primary N) is 1. The number of rotatable bonds is 6. The topological polar surface area (TPSA) is 90.7 Å². The first-order valence-electron chi connectivity index (χ1n) is 6.10. The summed E-state index contributed by atoms with van der Waals surface area (Å²) < 4.78 is 37.1. The van der Waals surface area contributed by atoms with E-state index in [1.165, 1.54) is 0 Å². The number of hydrogen-bond donors (Lipinski definition) is 2. The molecule has 1 aliphatic heterocycles. The fraction of sp³-hybridized carbons (Fsp3) is 0.417. The lowest BCUT2D eigenvalue weighted by Crippen LogP contribution is -2.41. The van der Waals surface area contributed by atoms with Crippen molar-refractivity contribution < 1.29 is 17.9 Å². The van der Waals surface area contributed by atoms with E-state index in [4.69, 9.17) is 27.4 Å². The summed E-state index contributed by atoms with van der Waals surface area (Å²) in [4.78, 5) is -0.0225. The van der Waals surface area contributed by atoms with Gasteiger partial charge < -0.3 is 15.2 Å². The molecule has 1 aromatic rings. The first kappa shape index (κ1) is 15.0. The molecule has 1 atom stereocenters. The normalized spacial score (nSPS) is 15.1. The smallest absolute Gasteiger partial charge is 0.231 e. The molecule has 3 N–H and O–H groups in total. The van der Waals surface area contributed by atoms with Gasteiger partial charge in [0.25, 0.3) is 0 Å². The monoisotopic (exact) mass is 316 g/mol. The molecule has 1 aromatic carbocycles. The van der Waals surface area contributed by atoms with Crippen LogP contribution in [0.1, 0.15) is 18.9 Å². The van der Waals surface area contributed by atoms with Crippen LogP contribution in [0.3, 0.4) is 0 Å². The summed E-state index contributed by atoms with van der Waals surface area (Å²) in [6, 6.07) is 5.27. The van der Waals surface area contributed by atoms with Crippen LogP contribution in [0.5, 0.6) is 11.5 Å². The van der Waals surface area contributed by atoms with Crippen LogP contribution in [0.2, 0.25) is 0 Å². The Bertz CT molecular complexity index is 616. The average molecular weight is 316 g/mol. The summed E-state index contributed by atoms with van der Waals surface area (Å²) in [5.41, 5.74) is 6.23. The Labute approximate surface area is 123 Å². The van der Waals surface area contributed by atoms with Crippen molar-refractivity contribution in [3.05, 3.63) is 23.8 Å². The molecule has 0 aromatic heterocycles. The molecule has 0 amide bonds. The predicted molar refractivity (Wildman–Crippen MR) is 79.2 cm³/mol. The quantitative estimate of drug-likeness (QED) is 0.758. The first-order chi connectivity index (χ1) is 9.44. The lowest BCUT2D eigenvalue weighted by Gasteiger charge is -2.15. The molecule has 0 bridgehead atoms. The Morgan fingerprint density at radius 2 is 2.15 bits per heavy atom. The van der Waals surface area contributed by atoms with E-state index in [-0.39, 0.29) is 18.3 Å². The molecular weight excluding hydrogens is 300 g/mol. The van der Waals surface area contributed by atoms with Crippen molar-refractivity contribution in [2.45, 2.75) is 25.1 Å². The molecule has 0 radical (unpaired) electrons. The predicted octanol–water partition coefficient (Wildman–Crippen LogP) is 0.899. The van der Waals surface area contributed by atoms with Crippen molar-refractivity contribution in [3.63, 3.8) is 0 Å². The zero-order chi connectivity index (χ0) is 14.8. The highest BCUT2D eigenvalue weighted by Gasteiger charge is 2.26. The lowest BCUT2D eigenvalue weighted by atomic mass is 10.2. The molecule has 0 aliphatic carbocycles. The van der Waals surface area contributed by atoms with Crippen LogP contribution in [-0.4, -0.2) is 25.4 Å². The summed E-state index contributed by atoms with van der Waals surface area (Å²) in [7, 11) is -3.57. The van der Waals surface area contributed by atoms with Crippen LogP contribution in [0.25, 0.3) is 0 Å². The highest BCUT2D eigenvalue weighted by molar-refractivity contribution is 7.93. The van der Waals surface area contributed by atoms with Gasteiger partial charge in [0.05, 0.1) is 4.99 Å². The van der Waals surface area contributed by atoms with Crippen molar-refractivity contribution >= 4 is 27.2 Å². The molecule has 8 heteroatoms. The summed E-state index contributed by atoms with van der Waals surface area (Å²) in [5.74, 6) is 1.27. The highest BCUT2D eigenvalue weighted by atomic mass is 32.2. The van der Waals surface area contributed by atoms with Gasteiger partial charge in [0.2, 0.25) is 16.8 Å². The van der Waals surface area contributed by atoms with Gasteiger partial charge in [0.15, 0.2) is 11.5 Å². The largest absolute Gasteiger partial charge is 0.454 e. The van der Waals surface area contributed by atoms with Crippen molar-refractivity contribution in [2.75, 3.05) is 6.79 Å². The first-order valence-corrected chi connectivity index (χ1v) is 8.06. The maximum atomic E-state index is 12.1. The van der Waals surface area contributed by atoms with Gasteiger partial charge in [-0.3, -0.25) is 0 Å². The van der Waals surface area contributed by atoms with E-state index in [0.29, 0.717) is 17.9 Å². The zero-order valence-corrected chi connectivity index (χ0v) is 12.6. The molecular formula is C12H16N2O4S2. The molecule has 110 valence electrons. The van der Waals surface area contributed by atoms with Crippen LogP contribution < -0.4 is 19.9 Å². The third kappa shape index (κ3) is 3.20. The maximum absolute atomic E-state index is 12.1. The van der Waals surface area contributed by atoms with Gasteiger partial charge in [-0.05, 0) is 24.1 Å². The van der Waals surface area contributed by atoms with Gasteiger partial charge in [-0.15, -0.1) is 0 Å². The number of nitrogens with one attached hydrogen (secondary N) is 1. The Morgan fingerprint density at radius 1 is 1.45 bits per heavy atom. The summed E-state index contributed by atoms with van der Waals surface area (Å²) in [6.45, 7) is 2.06. The Balaban J connectivity index is 2.06. The third-order valence-corrected chi connectivity index (χ3v) is 5.29. The van der Waals surface area contributed by atoms with Crippen LogP contribution in [-0.2, 0) is 16.6 Å². The minimum atomic E-state index is -3.57. The second-order valence-corrected chi connectivity index (χ2v) is 6.77. The average Bonchev–Trinajstić information content (AvgIpc) is 2.83. The number of thiocarbonyl (C=S) groups is 1. The Morgan fingerprint density at radius 3 is 2.80 bits per heavy atom. The van der Waals surface area contributed by atoms with E-state index in [2.05, 4.69) is 4.72 Å². The van der Waals surface area contributed by atoms with Gasteiger partial charge in [0, 0.05) is 6.54 Å². The van der Waals surface area contributed by atoms with Crippen molar-refractivity contribution in [3.8, 4) is 11.5 Å². The van der Waals surface area contributed by atoms with Crippen molar-refractivity contribution in [1.29, 1.82) is 0 Å². The molecule has 2 rings (SSSR count). The van der Waals surface area contributed by atoms with Crippen molar-refractivity contribution in [2.24, 2.45) is 5.73 Å². The SMILES string of the molecule is CCC(C(N)=S)S(=O)(=O)NCc1ccc2c(c1)OCO2. The Kier molecular flexibility index (Phi) is 4.46. The standard InChI is InChI=1S/C12H16N2O4S2/c1-2-11(12(13)19)20(15,16)14-6-8-3-4-9-10(5-8)18-7-17-9/h3-5,11,14H,2,6-7H2,1H3,(H2,13,19). The number of sulfonamides is 1. The molecule has 1 aliphatic rings. The summed E-state index contributed by atoms with van der Waals surface area (Å²) in [6.07, 6.45) is 0.339. The van der Waals surface area contributed by atoms with Crippen LogP contribution in [0, 0.1) is 0 Å². The van der Waals surface area contributed by atoms with Gasteiger partial charge >= 0.3 is 0 Å². The van der Waals surface area contributed by atoms with Crippen LogP contribution in [0.4, 0.5) is 0 Å². The zero-order valence-electron chi connectivity index (χ0n) is 11.0. The summed E-state index contributed by atoms with van der Waals surface area (Å²) in [5, 5.41) is -0.855.